The van der Waals surface area contributed by atoms with E-state index in [2.05, 4.69) is 25.8 Å². The molecule has 1 aromatic heterocycles. The van der Waals surface area contributed by atoms with E-state index >= 15 is 0 Å². The highest BCUT2D eigenvalue weighted by molar-refractivity contribution is 9.10. The largest absolute Gasteiger partial charge is 0.396 e. The zero-order valence-corrected chi connectivity index (χ0v) is 10.9. The quantitative estimate of drug-likeness (QED) is 0.904. The van der Waals surface area contributed by atoms with Gasteiger partial charge in [-0.05, 0) is 28.8 Å². The molecule has 2 rings (SSSR count). The number of methoxy groups -OCH3 is 1. The van der Waals surface area contributed by atoms with Gasteiger partial charge >= 0.3 is 0 Å². The van der Waals surface area contributed by atoms with Gasteiger partial charge in [-0.1, -0.05) is 0 Å². The van der Waals surface area contributed by atoms with Crippen molar-refractivity contribution < 1.29 is 4.74 Å². The Hall–Kier alpha value is -0.810. The van der Waals surface area contributed by atoms with Crippen molar-refractivity contribution in [2.75, 3.05) is 30.8 Å². The van der Waals surface area contributed by atoms with Gasteiger partial charge in [0.15, 0.2) is 0 Å². The molecule has 1 aliphatic heterocycles. The second kappa shape index (κ2) is 5.01. The van der Waals surface area contributed by atoms with Gasteiger partial charge in [0.2, 0.25) is 0 Å². The van der Waals surface area contributed by atoms with E-state index in [-0.39, 0.29) is 0 Å². The van der Waals surface area contributed by atoms with E-state index < -0.39 is 0 Å². The molecule has 1 unspecified atom stereocenters. The lowest BCUT2D eigenvalue weighted by Crippen LogP contribution is -2.39. The minimum atomic E-state index is 0.299. The highest BCUT2D eigenvalue weighted by Gasteiger charge is 2.22. The van der Waals surface area contributed by atoms with Crippen LogP contribution in [0.15, 0.2) is 16.9 Å². The zero-order valence-electron chi connectivity index (χ0n) is 9.32. The molecule has 1 saturated heterocycles. The number of aromatic nitrogens is 1. The summed E-state index contributed by atoms with van der Waals surface area (Å²) in [6.07, 6.45) is 6.02. The summed E-state index contributed by atoms with van der Waals surface area (Å²) in [5.74, 6) is 0. The van der Waals surface area contributed by atoms with E-state index in [1.807, 2.05) is 0 Å². The van der Waals surface area contributed by atoms with Gasteiger partial charge in [0.05, 0.1) is 28.1 Å². The van der Waals surface area contributed by atoms with Crippen molar-refractivity contribution in [3.05, 3.63) is 16.9 Å². The third-order valence-electron chi connectivity index (χ3n) is 2.93. The summed E-state index contributed by atoms with van der Waals surface area (Å²) in [5.41, 5.74) is 7.72. The average molecular weight is 286 g/mol. The van der Waals surface area contributed by atoms with E-state index in [9.17, 15) is 0 Å². The van der Waals surface area contributed by atoms with Crippen LogP contribution in [0.25, 0.3) is 0 Å². The number of rotatable bonds is 2. The van der Waals surface area contributed by atoms with Crippen molar-refractivity contribution >= 4 is 27.3 Å². The lowest BCUT2D eigenvalue weighted by molar-refractivity contribution is 0.0893. The van der Waals surface area contributed by atoms with Crippen molar-refractivity contribution in [1.29, 1.82) is 0 Å². The zero-order chi connectivity index (χ0) is 11.5. The minimum Gasteiger partial charge on any atom is -0.396 e. The highest BCUT2D eigenvalue weighted by Crippen LogP contribution is 2.33. The molecule has 0 saturated carbocycles. The van der Waals surface area contributed by atoms with Crippen LogP contribution in [0.1, 0.15) is 12.8 Å². The highest BCUT2D eigenvalue weighted by atomic mass is 79.9. The van der Waals surface area contributed by atoms with Gasteiger partial charge in [-0.15, -0.1) is 0 Å². The summed E-state index contributed by atoms with van der Waals surface area (Å²) in [5, 5.41) is 0. The average Bonchev–Trinajstić information content (AvgIpc) is 2.29. The van der Waals surface area contributed by atoms with Gasteiger partial charge in [0, 0.05) is 26.4 Å². The number of pyridine rings is 1. The van der Waals surface area contributed by atoms with Gasteiger partial charge < -0.3 is 15.4 Å². The Labute approximate surface area is 104 Å². The standard InChI is InChI=1S/C11H16BrN3O/c1-16-8-3-2-4-15(7-8)11-9(12)5-14-6-10(11)13/h5-6,8H,2-4,7,13H2,1H3. The van der Waals surface area contributed by atoms with Crippen LogP contribution in [0, 0.1) is 0 Å². The fourth-order valence-corrected chi connectivity index (χ4v) is 2.71. The van der Waals surface area contributed by atoms with Gasteiger partial charge in [0.25, 0.3) is 0 Å². The number of piperidine rings is 1. The van der Waals surface area contributed by atoms with Crippen LogP contribution < -0.4 is 10.6 Å². The Morgan fingerprint density at radius 2 is 2.38 bits per heavy atom. The summed E-state index contributed by atoms with van der Waals surface area (Å²) in [6.45, 7) is 1.91. The fraction of sp³-hybridized carbons (Fsp3) is 0.545. The molecule has 1 atom stereocenters. The molecule has 0 spiro atoms. The number of hydrogen-bond acceptors (Lipinski definition) is 4. The first-order valence-corrected chi connectivity index (χ1v) is 6.18. The molecule has 0 aliphatic carbocycles. The number of halogens is 1. The monoisotopic (exact) mass is 285 g/mol. The molecule has 0 bridgehead atoms. The number of anilines is 2. The maximum Gasteiger partial charge on any atom is 0.0776 e. The summed E-state index contributed by atoms with van der Waals surface area (Å²) in [4.78, 5) is 6.31. The van der Waals surface area contributed by atoms with Gasteiger partial charge in [-0.25, -0.2) is 0 Å². The Kier molecular flexibility index (Phi) is 3.66. The Morgan fingerprint density at radius 1 is 1.56 bits per heavy atom. The molecule has 4 nitrogen and oxygen atoms in total. The predicted molar refractivity (Wildman–Crippen MR) is 68.6 cm³/mol. The number of ether oxygens (including phenoxy) is 1. The lowest BCUT2D eigenvalue weighted by Gasteiger charge is -2.34. The molecule has 88 valence electrons. The third-order valence-corrected chi connectivity index (χ3v) is 3.51. The maximum atomic E-state index is 5.96. The van der Waals surface area contributed by atoms with Gasteiger partial charge in [-0.2, -0.15) is 0 Å². The smallest absolute Gasteiger partial charge is 0.0776 e. The van der Waals surface area contributed by atoms with Crippen LogP contribution in [-0.2, 0) is 4.74 Å². The molecule has 1 aliphatic rings. The number of nitrogen functional groups attached to an aromatic ring is 1. The Bertz CT molecular complexity index is 352. The molecule has 1 fully saturated rings. The Morgan fingerprint density at radius 3 is 3.06 bits per heavy atom. The number of nitrogens with zero attached hydrogens (tertiary/aromatic N) is 2. The molecule has 16 heavy (non-hydrogen) atoms. The maximum absolute atomic E-state index is 5.96. The van der Waals surface area contributed by atoms with Crippen molar-refractivity contribution in [3.8, 4) is 0 Å². The van der Waals surface area contributed by atoms with E-state index in [1.165, 1.54) is 0 Å². The van der Waals surface area contributed by atoms with Crippen LogP contribution in [0.3, 0.4) is 0 Å². The van der Waals surface area contributed by atoms with Crippen LogP contribution in [-0.4, -0.2) is 31.3 Å². The number of nitrogens with two attached hydrogens (primary N) is 1. The first-order chi connectivity index (χ1) is 7.72. The van der Waals surface area contributed by atoms with Crippen LogP contribution in [0.2, 0.25) is 0 Å². The van der Waals surface area contributed by atoms with Crippen molar-refractivity contribution in [3.63, 3.8) is 0 Å². The van der Waals surface area contributed by atoms with Crippen molar-refractivity contribution in [2.45, 2.75) is 18.9 Å². The SMILES string of the molecule is COC1CCCN(c2c(N)cncc2Br)C1. The van der Waals surface area contributed by atoms with Gasteiger partial charge in [-0.3, -0.25) is 4.98 Å². The van der Waals surface area contributed by atoms with Crippen LogP contribution in [0.5, 0.6) is 0 Å². The molecule has 2 heterocycles. The minimum absolute atomic E-state index is 0.299. The molecule has 2 N–H and O–H groups in total. The first kappa shape index (κ1) is 11.7. The number of hydrogen-bond donors (Lipinski definition) is 1. The van der Waals surface area contributed by atoms with E-state index in [0.29, 0.717) is 11.8 Å². The normalized spacial score (nSPS) is 21.1. The van der Waals surface area contributed by atoms with E-state index in [0.717, 1.165) is 36.1 Å². The lowest BCUT2D eigenvalue weighted by atomic mass is 10.1. The van der Waals surface area contributed by atoms with E-state index in [1.54, 1.807) is 19.5 Å². The topological polar surface area (TPSA) is 51.4 Å². The summed E-state index contributed by atoms with van der Waals surface area (Å²) >= 11 is 3.50. The van der Waals surface area contributed by atoms with E-state index in [4.69, 9.17) is 10.5 Å². The predicted octanol–water partition coefficient (Wildman–Crippen LogP) is 2.04. The summed E-state index contributed by atoms with van der Waals surface area (Å²) in [6, 6.07) is 0. The Balaban J connectivity index is 2.23. The third kappa shape index (κ3) is 2.30. The van der Waals surface area contributed by atoms with Crippen LogP contribution in [0.4, 0.5) is 11.4 Å². The molecule has 0 aromatic carbocycles. The summed E-state index contributed by atoms with van der Waals surface area (Å²) < 4.78 is 6.36. The molecular formula is C11H16BrN3O. The first-order valence-electron chi connectivity index (χ1n) is 5.39. The van der Waals surface area contributed by atoms with Crippen molar-refractivity contribution in [1.82, 2.24) is 4.98 Å². The van der Waals surface area contributed by atoms with Crippen molar-refractivity contribution in [2.24, 2.45) is 0 Å². The molecule has 0 radical (unpaired) electrons. The molecule has 1 aromatic rings. The fourth-order valence-electron chi connectivity index (χ4n) is 2.11. The molecule has 5 heteroatoms. The van der Waals surface area contributed by atoms with Crippen LogP contribution >= 0.6 is 15.9 Å². The summed E-state index contributed by atoms with van der Waals surface area (Å²) in [7, 11) is 1.76. The van der Waals surface area contributed by atoms with Gasteiger partial charge in [0.1, 0.15) is 0 Å². The molecule has 0 amide bonds. The molecular weight excluding hydrogens is 270 g/mol. The second-order valence-electron chi connectivity index (χ2n) is 4.01. The second-order valence-corrected chi connectivity index (χ2v) is 4.86.